The van der Waals surface area contributed by atoms with Crippen molar-refractivity contribution in [3.8, 4) is 5.75 Å². The van der Waals surface area contributed by atoms with Crippen LogP contribution in [0.4, 0.5) is 4.39 Å². The van der Waals surface area contributed by atoms with E-state index < -0.39 is 11.5 Å². The average molecular weight is 377 g/mol. The molecule has 26 heavy (non-hydrogen) atoms. The second-order valence-corrected chi connectivity index (χ2v) is 6.61. The van der Waals surface area contributed by atoms with Crippen molar-refractivity contribution in [1.82, 2.24) is 14.7 Å². The lowest BCUT2D eigenvalue weighted by atomic mass is 10.3. The van der Waals surface area contributed by atoms with Crippen LogP contribution in [0.15, 0.2) is 35.1 Å². The van der Waals surface area contributed by atoms with Gasteiger partial charge in [-0.15, -0.1) is 11.3 Å². The minimum absolute atomic E-state index is 0.0420. The number of hydrogen-bond donors (Lipinski definition) is 2. The van der Waals surface area contributed by atoms with Crippen LogP contribution < -0.4 is 15.6 Å². The zero-order chi connectivity index (χ0) is 18.7. The van der Waals surface area contributed by atoms with Crippen molar-refractivity contribution >= 4 is 22.2 Å². The fourth-order valence-electron chi connectivity index (χ4n) is 2.40. The molecular weight excluding hydrogens is 361 g/mol. The number of hydrogen-bond acceptors (Lipinski definition) is 6. The van der Waals surface area contributed by atoms with Crippen LogP contribution in [0.5, 0.6) is 5.75 Å². The summed E-state index contributed by atoms with van der Waals surface area (Å²) >= 11 is 1.22. The van der Waals surface area contributed by atoms with Crippen LogP contribution in [0.25, 0.3) is 4.96 Å². The van der Waals surface area contributed by atoms with Gasteiger partial charge >= 0.3 is 0 Å². The molecule has 2 N–H and O–H groups in total. The number of aromatic nitrogens is 2. The molecule has 2 aromatic heterocycles. The number of nitrogens with zero attached hydrogens (tertiary/aromatic N) is 2. The molecule has 2 heterocycles. The molecule has 0 saturated carbocycles. The lowest BCUT2D eigenvalue weighted by molar-refractivity contribution is 0.0938. The van der Waals surface area contributed by atoms with Gasteiger partial charge in [-0.2, -0.15) is 0 Å². The number of nitrogens with one attached hydrogen (secondary N) is 1. The molecule has 0 radical (unpaired) electrons. The lowest BCUT2D eigenvalue weighted by Gasteiger charge is -2.07. The number of aryl methyl sites for hydroxylation is 1. The number of thiazole rings is 1. The first-order valence-corrected chi connectivity index (χ1v) is 8.60. The van der Waals surface area contributed by atoms with Crippen molar-refractivity contribution in [3.05, 3.63) is 62.8 Å². The van der Waals surface area contributed by atoms with Gasteiger partial charge in [0.25, 0.3) is 11.5 Å². The van der Waals surface area contributed by atoms with Gasteiger partial charge in [0.1, 0.15) is 23.9 Å². The SMILES string of the molecule is Cc1sc2nc(COc3ccc(F)cc3)cc(=O)n2c1C(=O)NCCO. The summed E-state index contributed by atoms with van der Waals surface area (Å²) < 4.78 is 19.7. The number of ether oxygens (including phenoxy) is 1. The quantitative estimate of drug-likeness (QED) is 0.679. The van der Waals surface area contributed by atoms with Gasteiger partial charge < -0.3 is 15.2 Å². The Morgan fingerprint density at radius 3 is 2.81 bits per heavy atom. The van der Waals surface area contributed by atoms with Crippen molar-refractivity contribution in [3.63, 3.8) is 0 Å². The van der Waals surface area contributed by atoms with E-state index in [4.69, 9.17) is 9.84 Å². The van der Waals surface area contributed by atoms with E-state index in [1.165, 1.54) is 46.1 Å². The maximum Gasteiger partial charge on any atom is 0.269 e. The van der Waals surface area contributed by atoms with Crippen molar-refractivity contribution in [2.24, 2.45) is 0 Å². The Morgan fingerprint density at radius 2 is 2.12 bits per heavy atom. The van der Waals surface area contributed by atoms with Gasteiger partial charge in [-0.3, -0.25) is 9.59 Å². The molecule has 0 bridgehead atoms. The first-order chi connectivity index (χ1) is 12.5. The smallest absolute Gasteiger partial charge is 0.269 e. The topological polar surface area (TPSA) is 92.9 Å². The minimum Gasteiger partial charge on any atom is -0.487 e. The Kier molecular flexibility index (Phi) is 5.29. The van der Waals surface area contributed by atoms with Crippen LogP contribution >= 0.6 is 11.3 Å². The number of aliphatic hydroxyl groups excluding tert-OH is 1. The summed E-state index contributed by atoms with van der Waals surface area (Å²) in [6.07, 6.45) is 0. The van der Waals surface area contributed by atoms with Crippen molar-refractivity contribution in [2.75, 3.05) is 13.2 Å². The van der Waals surface area contributed by atoms with Gasteiger partial charge in [-0.05, 0) is 31.2 Å². The highest BCUT2D eigenvalue weighted by Crippen LogP contribution is 2.20. The summed E-state index contributed by atoms with van der Waals surface area (Å²) in [4.78, 5) is 30.1. The fourth-order valence-corrected chi connectivity index (χ4v) is 3.39. The first kappa shape index (κ1) is 18.0. The molecular formula is C17H16FN3O4S. The zero-order valence-corrected chi connectivity index (χ0v) is 14.7. The molecule has 7 nitrogen and oxygen atoms in total. The van der Waals surface area contributed by atoms with Gasteiger partial charge in [-0.25, -0.2) is 13.8 Å². The van der Waals surface area contributed by atoms with Gasteiger partial charge in [-0.1, -0.05) is 0 Å². The Balaban J connectivity index is 1.87. The third kappa shape index (κ3) is 3.73. The Hall–Kier alpha value is -2.78. The average Bonchev–Trinajstić information content (AvgIpc) is 2.95. The summed E-state index contributed by atoms with van der Waals surface area (Å²) in [5, 5.41) is 11.4. The van der Waals surface area contributed by atoms with Gasteiger partial charge in [0.2, 0.25) is 0 Å². The van der Waals surface area contributed by atoms with Crippen molar-refractivity contribution < 1.29 is 19.0 Å². The van der Waals surface area contributed by atoms with Crippen LogP contribution in [0, 0.1) is 12.7 Å². The lowest BCUT2D eigenvalue weighted by Crippen LogP contribution is -2.30. The molecule has 9 heteroatoms. The molecule has 0 unspecified atom stereocenters. The van der Waals surface area contributed by atoms with E-state index in [0.29, 0.717) is 21.3 Å². The van der Waals surface area contributed by atoms with E-state index in [-0.39, 0.29) is 31.3 Å². The molecule has 0 spiro atoms. The molecule has 0 aliphatic heterocycles. The second kappa shape index (κ2) is 7.63. The number of benzene rings is 1. The van der Waals surface area contributed by atoms with E-state index in [1.54, 1.807) is 6.92 Å². The molecule has 0 aliphatic carbocycles. The predicted octanol–water partition coefficient (Wildman–Crippen LogP) is 1.50. The molecule has 3 rings (SSSR count). The Labute approximate surface area is 151 Å². The van der Waals surface area contributed by atoms with Crippen LogP contribution in [0.3, 0.4) is 0 Å². The third-order valence-corrected chi connectivity index (χ3v) is 4.51. The Bertz CT molecular complexity index is 998. The van der Waals surface area contributed by atoms with E-state index in [2.05, 4.69) is 10.3 Å². The number of rotatable bonds is 6. The summed E-state index contributed by atoms with van der Waals surface area (Å²) in [7, 11) is 0. The summed E-state index contributed by atoms with van der Waals surface area (Å²) in [6.45, 7) is 1.67. The van der Waals surface area contributed by atoms with Crippen LogP contribution in [-0.2, 0) is 6.61 Å². The van der Waals surface area contributed by atoms with E-state index in [0.717, 1.165) is 0 Å². The van der Waals surface area contributed by atoms with Gasteiger partial charge in [0, 0.05) is 17.5 Å². The highest BCUT2D eigenvalue weighted by atomic mass is 32.1. The maximum absolute atomic E-state index is 12.9. The van der Waals surface area contributed by atoms with Crippen molar-refractivity contribution in [2.45, 2.75) is 13.5 Å². The fraction of sp³-hybridized carbons (Fsp3) is 0.235. The van der Waals surface area contributed by atoms with Crippen LogP contribution in [0.2, 0.25) is 0 Å². The zero-order valence-electron chi connectivity index (χ0n) is 13.9. The van der Waals surface area contributed by atoms with E-state index >= 15 is 0 Å². The molecule has 1 amide bonds. The Morgan fingerprint density at radius 1 is 1.38 bits per heavy atom. The third-order valence-electron chi connectivity index (χ3n) is 3.56. The van der Waals surface area contributed by atoms with Gasteiger partial charge in [0.05, 0.1) is 12.3 Å². The number of aliphatic hydroxyl groups is 1. The summed E-state index contributed by atoms with van der Waals surface area (Å²) in [5.74, 6) is -0.349. The van der Waals surface area contributed by atoms with Crippen molar-refractivity contribution in [1.29, 1.82) is 0 Å². The normalized spacial score (nSPS) is 10.9. The van der Waals surface area contributed by atoms with Gasteiger partial charge in [0.15, 0.2) is 4.96 Å². The molecule has 3 aromatic rings. The highest BCUT2D eigenvalue weighted by molar-refractivity contribution is 7.17. The second-order valence-electron chi connectivity index (χ2n) is 5.43. The molecule has 0 fully saturated rings. The maximum atomic E-state index is 12.9. The molecule has 0 atom stereocenters. The number of halogens is 1. The largest absolute Gasteiger partial charge is 0.487 e. The van der Waals surface area contributed by atoms with Crippen LogP contribution in [0.1, 0.15) is 21.1 Å². The van der Waals surface area contributed by atoms with E-state index in [9.17, 15) is 14.0 Å². The number of carbonyl (C=O) groups is 1. The first-order valence-electron chi connectivity index (χ1n) is 7.79. The van der Waals surface area contributed by atoms with Crippen LogP contribution in [-0.4, -0.2) is 33.6 Å². The summed E-state index contributed by atoms with van der Waals surface area (Å²) in [5.41, 5.74) is 0.219. The number of amides is 1. The number of fused-ring (bicyclic) bond motifs is 1. The monoisotopic (exact) mass is 377 g/mol. The molecule has 1 aromatic carbocycles. The predicted molar refractivity (Wildman–Crippen MR) is 94.2 cm³/mol. The molecule has 0 saturated heterocycles. The molecule has 136 valence electrons. The summed E-state index contributed by atoms with van der Waals surface area (Å²) in [6, 6.07) is 6.83. The minimum atomic E-state index is -0.443. The molecule has 0 aliphatic rings. The highest BCUT2D eigenvalue weighted by Gasteiger charge is 2.19. The number of carbonyl (C=O) groups excluding carboxylic acids is 1. The van der Waals surface area contributed by atoms with E-state index in [1.807, 2.05) is 0 Å². The standard InChI is InChI=1S/C17H16FN3O4S/c1-10-15(16(24)19-6-7-22)21-14(23)8-12(20-17(21)26-10)9-25-13-4-2-11(18)3-5-13/h2-5,8,22H,6-7,9H2,1H3,(H,19,24).